The van der Waals surface area contributed by atoms with Gasteiger partial charge in [0.15, 0.2) is 12.4 Å². The fourth-order valence-electron chi connectivity index (χ4n) is 4.12. The van der Waals surface area contributed by atoms with E-state index in [9.17, 15) is 50.8 Å². The van der Waals surface area contributed by atoms with Crippen molar-refractivity contribution in [3.05, 3.63) is 23.8 Å². The lowest BCUT2D eigenvalue weighted by atomic mass is 9.82. The van der Waals surface area contributed by atoms with Crippen LogP contribution in [-0.4, -0.2) is 132 Å². The van der Waals surface area contributed by atoms with Crippen LogP contribution in [0.25, 0.3) is 0 Å². The van der Waals surface area contributed by atoms with E-state index in [1.54, 1.807) is 32.1 Å². The molecule has 2 aliphatic rings. The second-order valence-electron chi connectivity index (χ2n) is 9.69. The van der Waals surface area contributed by atoms with Crippen molar-refractivity contribution >= 4 is 5.97 Å². The van der Waals surface area contributed by atoms with Gasteiger partial charge in [0, 0.05) is 0 Å². The minimum atomic E-state index is -1.93. The highest BCUT2D eigenvalue weighted by Crippen LogP contribution is 2.33. The van der Waals surface area contributed by atoms with Crippen molar-refractivity contribution in [2.24, 2.45) is 5.41 Å². The van der Waals surface area contributed by atoms with Crippen LogP contribution in [0.1, 0.15) is 27.7 Å². The molecule has 1 heterocycles. The number of carbonyl (C=O) groups is 1. The maximum absolute atomic E-state index is 12.9. The van der Waals surface area contributed by atoms with Crippen LogP contribution in [-0.2, 0) is 19.0 Å². The Morgan fingerprint density at radius 1 is 0.917 bits per heavy atom. The van der Waals surface area contributed by atoms with E-state index in [1.165, 1.54) is 13.8 Å². The van der Waals surface area contributed by atoms with Gasteiger partial charge in [0.05, 0.1) is 18.1 Å². The Labute approximate surface area is 208 Å². The summed E-state index contributed by atoms with van der Waals surface area (Å²) in [7, 11) is 0. The van der Waals surface area contributed by atoms with Crippen LogP contribution < -0.4 is 0 Å². The van der Waals surface area contributed by atoms with Gasteiger partial charge in [-0.1, -0.05) is 18.2 Å². The molecule has 0 aromatic rings. The lowest BCUT2D eigenvalue weighted by Crippen LogP contribution is -2.67. The Morgan fingerprint density at radius 2 is 1.42 bits per heavy atom. The average Bonchev–Trinajstić information content (AvgIpc) is 2.85. The number of hydrogen-bond donors (Lipinski definition) is 9. The molecule has 10 atom stereocenters. The van der Waals surface area contributed by atoms with Gasteiger partial charge in [-0.05, 0) is 33.3 Å². The number of aliphatic hydroxyl groups excluding tert-OH is 9. The Kier molecular flexibility index (Phi) is 10.6. The van der Waals surface area contributed by atoms with Crippen LogP contribution in [0.15, 0.2) is 23.8 Å². The van der Waals surface area contributed by atoms with E-state index in [2.05, 4.69) is 0 Å². The number of allylic oxidation sites excluding steroid dienone is 3. The van der Waals surface area contributed by atoms with Gasteiger partial charge in [-0.25, -0.2) is 0 Å². The van der Waals surface area contributed by atoms with E-state index < -0.39 is 91.4 Å². The maximum atomic E-state index is 12.9. The summed E-state index contributed by atoms with van der Waals surface area (Å²) in [4.78, 5) is 12.9. The molecule has 1 saturated heterocycles. The zero-order valence-corrected chi connectivity index (χ0v) is 20.5. The molecule has 2 fully saturated rings. The van der Waals surface area contributed by atoms with Crippen LogP contribution in [0.2, 0.25) is 0 Å². The predicted octanol–water partition coefficient (Wildman–Crippen LogP) is -3.55. The van der Waals surface area contributed by atoms with Gasteiger partial charge < -0.3 is 60.2 Å². The van der Waals surface area contributed by atoms with Gasteiger partial charge >= 0.3 is 5.97 Å². The smallest absolute Gasteiger partial charge is 0.314 e. The van der Waals surface area contributed by atoms with Crippen molar-refractivity contribution in [3.8, 4) is 0 Å². The van der Waals surface area contributed by atoms with Crippen molar-refractivity contribution in [2.75, 3.05) is 6.61 Å². The first kappa shape index (κ1) is 30.7. The van der Waals surface area contributed by atoms with Crippen molar-refractivity contribution in [2.45, 2.75) is 101 Å². The lowest BCUT2D eigenvalue weighted by molar-refractivity contribution is -0.340. The zero-order chi connectivity index (χ0) is 27.5. The van der Waals surface area contributed by atoms with E-state index in [0.29, 0.717) is 5.57 Å². The van der Waals surface area contributed by atoms with Crippen molar-refractivity contribution in [1.29, 1.82) is 0 Å². The summed E-state index contributed by atoms with van der Waals surface area (Å²) in [6.07, 6.45) is -16.1. The fraction of sp³-hybridized carbons (Fsp3) is 0.783. The highest BCUT2D eigenvalue weighted by molar-refractivity contribution is 5.77. The molecular formula is C23H38O13. The molecule has 36 heavy (non-hydrogen) atoms. The molecule has 1 aliphatic heterocycles. The molecule has 13 heteroatoms. The van der Waals surface area contributed by atoms with Crippen molar-refractivity contribution < 1.29 is 65.0 Å². The highest BCUT2D eigenvalue weighted by atomic mass is 16.7. The Balaban J connectivity index is 2.17. The monoisotopic (exact) mass is 522 g/mol. The molecule has 0 aromatic heterocycles. The molecule has 0 bridgehead atoms. The summed E-state index contributed by atoms with van der Waals surface area (Å²) in [5.74, 6) is -0.959. The minimum absolute atomic E-state index is 0.460. The summed E-state index contributed by atoms with van der Waals surface area (Å²) in [5, 5.41) is 91.3. The number of hydrogen-bond acceptors (Lipinski definition) is 13. The van der Waals surface area contributed by atoms with Crippen LogP contribution in [0.4, 0.5) is 0 Å². The summed E-state index contributed by atoms with van der Waals surface area (Å²) in [6.45, 7) is 5.40. The van der Waals surface area contributed by atoms with Crippen LogP contribution in [0.5, 0.6) is 0 Å². The first-order chi connectivity index (χ1) is 16.7. The molecule has 2 rings (SSSR count). The molecule has 1 saturated carbocycles. The lowest BCUT2D eigenvalue weighted by Gasteiger charge is -2.46. The summed E-state index contributed by atoms with van der Waals surface area (Å²) < 4.78 is 16.1. The molecule has 0 radical (unpaired) electrons. The second-order valence-corrected chi connectivity index (χ2v) is 9.69. The molecule has 1 aliphatic carbocycles. The van der Waals surface area contributed by atoms with Gasteiger partial charge in [-0.2, -0.15) is 0 Å². The average molecular weight is 523 g/mol. The van der Waals surface area contributed by atoms with Gasteiger partial charge in [-0.15, -0.1) is 0 Å². The van der Waals surface area contributed by atoms with E-state index >= 15 is 0 Å². The summed E-state index contributed by atoms with van der Waals surface area (Å²) >= 11 is 0. The third kappa shape index (κ3) is 6.14. The number of esters is 1. The van der Waals surface area contributed by atoms with E-state index in [-0.39, 0.29) is 0 Å². The predicted molar refractivity (Wildman–Crippen MR) is 121 cm³/mol. The maximum Gasteiger partial charge on any atom is 0.314 e. The van der Waals surface area contributed by atoms with Crippen LogP contribution >= 0.6 is 0 Å². The fourth-order valence-corrected chi connectivity index (χ4v) is 4.12. The Hall–Kier alpha value is -1.49. The molecule has 0 amide bonds. The molecule has 0 spiro atoms. The van der Waals surface area contributed by atoms with E-state index in [1.807, 2.05) is 0 Å². The van der Waals surface area contributed by atoms with Crippen molar-refractivity contribution in [1.82, 2.24) is 0 Å². The quantitative estimate of drug-likeness (QED) is 0.111. The minimum Gasteiger partial charge on any atom is -0.456 e. The number of carbonyl (C=O) groups excluding carboxylic acids is 1. The third-order valence-electron chi connectivity index (χ3n) is 6.62. The Bertz CT molecular complexity index is 781. The van der Waals surface area contributed by atoms with E-state index in [0.717, 1.165) is 0 Å². The molecule has 10 unspecified atom stereocenters. The summed E-state index contributed by atoms with van der Waals surface area (Å²) in [6, 6.07) is 0. The normalized spacial score (nSPS) is 41.4. The largest absolute Gasteiger partial charge is 0.456 e. The van der Waals surface area contributed by atoms with Crippen LogP contribution in [0, 0.1) is 5.41 Å². The SMILES string of the molecule is CC=CC=C(C)C(O)C(C)(C)C(=O)OC1C(CO)OC(OC2C(O)C(O)C(O)C(O)C2O)C(O)C1O. The highest BCUT2D eigenvalue weighted by Gasteiger charge is 2.54. The number of ether oxygens (including phenoxy) is 3. The first-order valence-electron chi connectivity index (χ1n) is 11.6. The summed E-state index contributed by atoms with van der Waals surface area (Å²) in [5.41, 5.74) is -1.04. The van der Waals surface area contributed by atoms with Crippen molar-refractivity contribution in [3.63, 3.8) is 0 Å². The molecular weight excluding hydrogens is 484 g/mol. The Morgan fingerprint density at radius 3 is 1.92 bits per heavy atom. The number of aliphatic hydroxyl groups is 9. The molecule has 208 valence electrons. The molecule has 13 nitrogen and oxygen atoms in total. The second kappa shape index (κ2) is 12.4. The topological polar surface area (TPSA) is 227 Å². The third-order valence-corrected chi connectivity index (χ3v) is 6.62. The molecule has 0 aromatic carbocycles. The standard InChI is InChI=1S/C23H38O13/c1-5-6-7-9(2)20(32)23(3,4)22(33)36-18-10(8-24)34-21(17(31)16(18)30)35-19-14(28)12(26)11(25)13(27)15(19)29/h5-7,10-21,24-32H,8H2,1-4H3. The van der Waals surface area contributed by atoms with Gasteiger partial charge in [0.2, 0.25) is 0 Å². The van der Waals surface area contributed by atoms with Gasteiger partial charge in [0.1, 0.15) is 54.9 Å². The first-order valence-corrected chi connectivity index (χ1v) is 11.6. The number of rotatable bonds is 8. The van der Waals surface area contributed by atoms with Gasteiger partial charge in [-0.3, -0.25) is 4.79 Å². The zero-order valence-electron chi connectivity index (χ0n) is 20.5. The van der Waals surface area contributed by atoms with Crippen LogP contribution in [0.3, 0.4) is 0 Å². The van der Waals surface area contributed by atoms with Gasteiger partial charge in [0.25, 0.3) is 0 Å². The van der Waals surface area contributed by atoms with E-state index in [4.69, 9.17) is 14.2 Å². The molecule has 9 N–H and O–H groups in total.